The molecule has 0 N–H and O–H groups in total. The Balaban J connectivity index is 2.10. The van der Waals surface area contributed by atoms with Gasteiger partial charge in [0.1, 0.15) is 6.10 Å². The minimum absolute atomic E-state index is 0.131. The summed E-state index contributed by atoms with van der Waals surface area (Å²) in [5.74, 6) is 0.652. The van der Waals surface area contributed by atoms with Crippen LogP contribution in [0.2, 0.25) is 0 Å². The van der Waals surface area contributed by atoms with Gasteiger partial charge in [-0.1, -0.05) is 43.0 Å². The van der Waals surface area contributed by atoms with Gasteiger partial charge < -0.3 is 4.74 Å². The van der Waals surface area contributed by atoms with Crippen LogP contribution < -0.4 is 0 Å². The van der Waals surface area contributed by atoms with Crippen molar-refractivity contribution in [2.75, 3.05) is 0 Å². The van der Waals surface area contributed by atoms with Crippen molar-refractivity contribution < 1.29 is 4.74 Å². The van der Waals surface area contributed by atoms with E-state index in [1.807, 2.05) is 54.6 Å². The lowest BCUT2D eigenvalue weighted by molar-refractivity contribution is 0.238. The highest BCUT2D eigenvalue weighted by atomic mass is 16.5. The van der Waals surface area contributed by atoms with Crippen molar-refractivity contribution in [3.63, 3.8) is 0 Å². The summed E-state index contributed by atoms with van der Waals surface area (Å²) in [5.41, 5.74) is 3.00. The standard InChI is InChI=1S/C16H13NO/c1-2-15-13-10-6-7-11-14(13)17-16(18-15)12-8-4-3-5-9-12/h2-11,15H,1H2. The minimum atomic E-state index is -0.131. The van der Waals surface area contributed by atoms with Crippen molar-refractivity contribution >= 4 is 11.6 Å². The smallest absolute Gasteiger partial charge is 0.222 e. The molecule has 0 spiro atoms. The number of hydrogen-bond acceptors (Lipinski definition) is 2. The summed E-state index contributed by atoms with van der Waals surface area (Å²) < 4.78 is 5.88. The molecular formula is C16H13NO. The Hall–Kier alpha value is -2.35. The Labute approximate surface area is 106 Å². The molecule has 1 unspecified atom stereocenters. The number of rotatable bonds is 2. The second-order valence-corrected chi connectivity index (χ2v) is 4.12. The lowest BCUT2D eigenvalue weighted by Gasteiger charge is -2.23. The van der Waals surface area contributed by atoms with Gasteiger partial charge in [-0.25, -0.2) is 4.99 Å². The quantitative estimate of drug-likeness (QED) is 0.720. The molecule has 2 heteroatoms. The summed E-state index contributed by atoms with van der Waals surface area (Å²) in [6.07, 6.45) is 1.67. The van der Waals surface area contributed by atoms with Crippen LogP contribution in [-0.2, 0) is 4.74 Å². The highest BCUT2D eigenvalue weighted by Gasteiger charge is 2.21. The van der Waals surface area contributed by atoms with E-state index in [-0.39, 0.29) is 6.10 Å². The Morgan fingerprint density at radius 1 is 1.00 bits per heavy atom. The maximum atomic E-state index is 5.88. The van der Waals surface area contributed by atoms with Crippen LogP contribution in [0, 0.1) is 0 Å². The Bertz CT molecular complexity index is 602. The van der Waals surface area contributed by atoms with Crippen molar-refractivity contribution in [3.8, 4) is 0 Å². The molecule has 2 aromatic rings. The second-order valence-electron chi connectivity index (χ2n) is 4.12. The number of hydrogen-bond donors (Lipinski definition) is 0. The first-order valence-electron chi connectivity index (χ1n) is 5.91. The van der Waals surface area contributed by atoms with Gasteiger partial charge in [0, 0.05) is 11.1 Å². The zero-order chi connectivity index (χ0) is 12.4. The Morgan fingerprint density at radius 3 is 2.50 bits per heavy atom. The molecule has 1 aliphatic heterocycles. The van der Waals surface area contributed by atoms with E-state index in [1.165, 1.54) is 0 Å². The number of para-hydroxylation sites is 1. The molecule has 0 saturated heterocycles. The number of nitrogens with zero attached hydrogens (tertiary/aromatic N) is 1. The van der Waals surface area contributed by atoms with Crippen molar-refractivity contribution in [3.05, 3.63) is 78.4 Å². The molecule has 1 heterocycles. The van der Waals surface area contributed by atoms with Gasteiger partial charge in [0.05, 0.1) is 5.69 Å². The number of aliphatic imine (C=N–C) groups is 1. The third-order valence-electron chi connectivity index (χ3n) is 2.94. The van der Waals surface area contributed by atoms with Crippen molar-refractivity contribution in [1.82, 2.24) is 0 Å². The third kappa shape index (κ3) is 1.82. The average Bonchev–Trinajstić information content (AvgIpc) is 2.47. The fourth-order valence-electron chi connectivity index (χ4n) is 2.04. The van der Waals surface area contributed by atoms with E-state index in [0.717, 1.165) is 16.8 Å². The Kier molecular flexibility index (Phi) is 2.69. The van der Waals surface area contributed by atoms with Gasteiger partial charge in [-0.15, -0.1) is 0 Å². The topological polar surface area (TPSA) is 21.6 Å². The first kappa shape index (κ1) is 10.8. The zero-order valence-electron chi connectivity index (χ0n) is 9.91. The van der Waals surface area contributed by atoms with E-state index < -0.39 is 0 Å². The van der Waals surface area contributed by atoms with Crippen molar-refractivity contribution in [1.29, 1.82) is 0 Å². The van der Waals surface area contributed by atoms with E-state index >= 15 is 0 Å². The lowest BCUT2D eigenvalue weighted by atomic mass is 10.1. The first-order chi connectivity index (χ1) is 8.88. The monoisotopic (exact) mass is 235 g/mol. The normalized spacial score (nSPS) is 17.3. The largest absolute Gasteiger partial charge is 0.465 e. The van der Waals surface area contributed by atoms with E-state index in [2.05, 4.69) is 11.6 Å². The van der Waals surface area contributed by atoms with Crippen molar-refractivity contribution in [2.24, 2.45) is 4.99 Å². The van der Waals surface area contributed by atoms with E-state index in [4.69, 9.17) is 4.74 Å². The summed E-state index contributed by atoms with van der Waals surface area (Å²) in [7, 11) is 0. The zero-order valence-corrected chi connectivity index (χ0v) is 9.91. The Morgan fingerprint density at radius 2 is 1.72 bits per heavy atom. The van der Waals surface area contributed by atoms with Crippen LogP contribution >= 0.6 is 0 Å². The fourth-order valence-corrected chi connectivity index (χ4v) is 2.04. The molecule has 0 bridgehead atoms. The van der Waals surface area contributed by atoms with Crippen LogP contribution in [0.15, 0.2) is 72.2 Å². The molecule has 0 saturated carbocycles. The highest BCUT2D eigenvalue weighted by molar-refractivity contribution is 5.97. The number of benzene rings is 2. The SMILES string of the molecule is C=CC1OC(c2ccccc2)=Nc2ccccc21. The molecule has 2 nitrogen and oxygen atoms in total. The molecule has 3 rings (SSSR count). The van der Waals surface area contributed by atoms with Crippen LogP contribution in [0.25, 0.3) is 0 Å². The molecule has 2 aromatic carbocycles. The molecule has 0 aliphatic carbocycles. The summed E-state index contributed by atoms with van der Waals surface area (Å²) in [4.78, 5) is 4.56. The molecule has 0 amide bonds. The molecule has 88 valence electrons. The molecule has 0 aromatic heterocycles. The van der Waals surface area contributed by atoms with Gasteiger partial charge in [0.2, 0.25) is 5.90 Å². The van der Waals surface area contributed by atoms with Crippen LogP contribution in [0.1, 0.15) is 17.2 Å². The first-order valence-corrected chi connectivity index (χ1v) is 5.91. The predicted molar refractivity (Wildman–Crippen MR) is 73.1 cm³/mol. The van der Waals surface area contributed by atoms with E-state index in [9.17, 15) is 0 Å². The molecule has 0 radical (unpaired) electrons. The van der Waals surface area contributed by atoms with E-state index in [0.29, 0.717) is 5.90 Å². The second kappa shape index (κ2) is 4.49. The molecular weight excluding hydrogens is 222 g/mol. The minimum Gasteiger partial charge on any atom is -0.465 e. The molecule has 1 aliphatic rings. The van der Waals surface area contributed by atoms with E-state index in [1.54, 1.807) is 6.08 Å². The maximum Gasteiger partial charge on any atom is 0.222 e. The molecule has 1 atom stereocenters. The van der Waals surface area contributed by atoms with Crippen LogP contribution in [0.5, 0.6) is 0 Å². The average molecular weight is 235 g/mol. The predicted octanol–water partition coefficient (Wildman–Crippen LogP) is 4.02. The highest BCUT2D eigenvalue weighted by Crippen LogP contribution is 2.34. The lowest BCUT2D eigenvalue weighted by Crippen LogP contribution is -2.15. The molecule has 0 fully saturated rings. The van der Waals surface area contributed by atoms with Crippen molar-refractivity contribution in [2.45, 2.75) is 6.10 Å². The van der Waals surface area contributed by atoms with Crippen LogP contribution in [0.4, 0.5) is 5.69 Å². The number of ether oxygens (including phenoxy) is 1. The maximum absolute atomic E-state index is 5.88. The summed E-state index contributed by atoms with van der Waals surface area (Å²) in [6.45, 7) is 3.83. The van der Waals surface area contributed by atoms with Gasteiger partial charge in [0.15, 0.2) is 0 Å². The van der Waals surface area contributed by atoms with Gasteiger partial charge in [-0.2, -0.15) is 0 Å². The van der Waals surface area contributed by atoms with Crippen LogP contribution in [0.3, 0.4) is 0 Å². The van der Waals surface area contributed by atoms with Gasteiger partial charge in [-0.3, -0.25) is 0 Å². The summed E-state index contributed by atoms with van der Waals surface area (Å²) in [5, 5.41) is 0. The number of fused-ring (bicyclic) bond motifs is 1. The van der Waals surface area contributed by atoms with Crippen LogP contribution in [-0.4, -0.2) is 5.90 Å². The third-order valence-corrected chi connectivity index (χ3v) is 2.94. The van der Waals surface area contributed by atoms with Gasteiger partial charge in [-0.05, 0) is 24.3 Å². The van der Waals surface area contributed by atoms with Gasteiger partial charge >= 0.3 is 0 Å². The molecule has 18 heavy (non-hydrogen) atoms. The summed E-state index contributed by atoms with van der Waals surface area (Å²) >= 11 is 0. The fraction of sp³-hybridized carbons (Fsp3) is 0.0625. The summed E-state index contributed by atoms with van der Waals surface area (Å²) in [6, 6.07) is 17.9. The van der Waals surface area contributed by atoms with Gasteiger partial charge in [0.25, 0.3) is 0 Å².